The van der Waals surface area contributed by atoms with Crippen molar-refractivity contribution in [2.24, 2.45) is 0 Å². The molecule has 0 aliphatic heterocycles. The molecule has 1 aromatic heterocycles. The maximum atomic E-state index is 13.4. The zero-order chi connectivity index (χ0) is 24.3. The number of anilines is 1. The van der Waals surface area contributed by atoms with Crippen LogP contribution in [0.25, 0.3) is 33.3 Å². The van der Waals surface area contributed by atoms with Gasteiger partial charge in [-0.1, -0.05) is 91.0 Å². The zero-order valence-corrected chi connectivity index (χ0v) is 19.6. The van der Waals surface area contributed by atoms with Crippen molar-refractivity contribution in [1.82, 2.24) is 4.98 Å². The number of hydrogen-bond acceptors (Lipinski definition) is 3. The second-order valence-electron chi connectivity index (χ2n) is 8.79. The Balaban J connectivity index is 1.30. The number of aromatic nitrogens is 1. The first-order valence-electron chi connectivity index (χ1n) is 12.1. The molecule has 4 nitrogen and oxygen atoms in total. The number of fused-ring (bicyclic) bond motifs is 3. The molecule has 4 heteroatoms. The molecular formula is C32H24N2O2. The van der Waals surface area contributed by atoms with E-state index < -0.39 is 0 Å². The smallest absolute Gasteiger partial charge is 0.255 e. The topological polar surface area (TPSA) is 55.1 Å². The molecule has 0 spiro atoms. The first kappa shape index (κ1) is 21.8. The van der Waals surface area contributed by atoms with E-state index in [9.17, 15) is 4.79 Å². The van der Waals surface area contributed by atoms with Crippen LogP contribution in [-0.4, -0.2) is 10.9 Å². The van der Waals surface area contributed by atoms with Crippen LogP contribution in [-0.2, 0) is 12.8 Å². The van der Waals surface area contributed by atoms with Gasteiger partial charge in [0, 0.05) is 10.9 Å². The van der Waals surface area contributed by atoms with Crippen LogP contribution in [0.1, 0.15) is 21.5 Å². The Morgan fingerprint density at radius 3 is 2.39 bits per heavy atom. The second kappa shape index (κ2) is 9.51. The first-order valence-corrected chi connectivity index (χ1v) is 12.1. The highest BCUT2D eigenvalue weighted by atomic mass is 16.3. The van der Waals surface area contributed by atoms with Gasteiger partial charge in [0.1, 0.15) is 5.52 Å². The maximum Gasteiger partial charge on any atom is 0.255 e. The van der Waals surface area contributed by atoms with E-state index in [1.165, 1.54) is 5.56 Å². The second-order valence-corrected chi connectivity index (χ2v) is 8.79. The van der Waals surface area contributed by atoms with E-state index in [1.54, 1.807) is 0 Å². The van der Waals surface area contributed by atoms with E-state index in [0.717, 1.165) is 45.8 Å². The molecule has 174 valence electrons. The Bertz CT molecular complexity index is 1690. The predicted molar refractivity (Wildman–Crippen MR) is 145 cm³/mol. The average Bonchev–Trinajstić information content (AvgIpc) is 3.38. The summed E-state index contributed by atoms with van der Waals surface area (Å²) in [6.07, 6.45) is 1.66. The van der Waals surface area contributed by atoms with Crippen molar-refractivity contribution in [3.63, 3.8) is 0 Å². The van der Waals surface area contributed by atoms with Crippen molar-refractivity contribution in [1.29, 1.82) is 0 Å². The highest BCUT2D eigenvalue weighted by molar-refractivity contribution is 6.08. The van der Waals surface area contributed by atoms with E-state index in [1.807, 2.05) is 97.1 Å². The predicted octanol–water partition coefficient (Wildman–Crippen LogP) is 7.69. The van der Waals surface area contributed by atoms with Gasteiger partial charge in [-0.15, -0.1) is 0 Å². The van der Waals surface area contributed by atoms with Gasteiger partial charge < -0.3 is 9.73 Å². The van der Waals surface area contributed by atoms with Crippen LogP contribution in [0.2, 0.25) is 0 Å². The Labute approximate surface area is 209 Å². The lowest BCUT2D eigenvalue weighted by atomic mass is 9.99. The fraction of sp³-hybridized carbons (Fsp3) is 0.0625. The number of nitrogens with one attached hydrogen (secondary N) is 1. The van der Waals surface area contributed by atoms with Crippen LogP contribution < -0.4 is 5.32 Å². The molecule has 0 saturated heterocycles. The minimum Gasteiger partial charge on any atom is -0.436 e. The number of hydrogen-bond donors (Lipinski definition) is 1. The Kier molecular flexibility index (Phi) is 5.76. The lowest BCUT2D eigenvalue weighted by Crippen LogP contribution is -2.15. The Hall–Kier alpha value is -4.70. The fourth-order valence-corrected chi connectivity index (χ4v) is 4.63. The number of rotatable bonds is 6. The summed E-state index contributed by atoms with van der Waals surface area (Å²) in [6.45, 7) is 0. The van der Waals surface area contributed by atoms with E-state index >= 15 is 0 Å². The summed E-state index contributed by atoms with van der Waals surface area (Å²) in [5.74, 6) is 0.335. The largest absolute Gasteiger partial charge is 0.436 e. The molecule has 0 atom stereocenters. The Morgan fingerprint density at radius 1 is 0.722 bits per heavy atom. The van der Waals surface area contributed by atoms with Gasteiger partial charge in [-0.2, -0.15) is 0 Å². The quantitative estimate of drug-likeness (QED) is 0.273. The number of benzene rings is 5. The number of para-hydroxylation sites is 1. The minimum atomic E-state index is -0.146. The van der Waals surface area contributed by atoms with Gasteiger partial charge in [0.2, 0.25) is 5.89 Å². The van der Waals surface area contributed by atoms with Crippen molar-refractivity contribution in [3.8, 4) is 11.5 Å². The van der Waals surface area contributed by atoms with Crippen LogP contribution in [0, 0.1) is 0 Å². The van der Waals surface area contributed by atoms with Crippen molar-refractivity contribution in [2.75, 3.05) is 5.32 Å². The molecule has 0 radical (unpaired) electrons. The van der Waals surface area contributed by atoms with Crippen molar-refractivity contribution in [2.45, 2.75) is 12.8 Å². The SMILES string of the molecule is O=C(Nc1ccccc1-c1nc2c(ccc3ccccc32)o1)c1ccccc1CCc1ccccc1. The van der Waals surface area contributed by atoms with E-state index in [4.69, 9.17) is 9.40 Å². The molecule has 1 N–H and O–H groups in total. The van der Waals surface area contributed by atoms with Crippen molar-refractivity contribution < 1.29 is 9.21 Å². The number of amides is 1. The van der Waals surface area contributed by atoms with Gasteiger partial charge in [0.25, 0.3) is 5.91 Å². The summed E-state index contributed by atoms with van der Waals surface area (Å²) in [4.78, 5) is 18.2. The molecular weight excluding hydrogens is 444 g/mol. The van der Waals surface area contributed by atoms with Crippen molar-refractivity contribution in [3.05, 3.63) is 132 Å². The highest BCUT2D eigenvalue weighted by Crippen LogP contribution is 2.33. The van der Waals surface area contributed by atoms with Crippen LogP contribution in [0.15, 0.2) is 120 Å². The van der Waals surface area contributed by atoms with Crippen LogP contribution in [0.3, 0.4) is 0 Å². The third kappa shape index (κ3) is 4.25. The van der Waals surface area contributed by atoms with Crippen LogP contribution in [0.5, 0.6) is 0 Å². The molecule has 6 aromatic rings. The van der Waals surface area contributed by atoms with Gasteiger partial charge in [0.15, 0.2) is 5.58 Å². The number of carbonyl (C=O) groups is 1. The maximum absolute atomic E-state index is 13.4. The molecule has 1 amide bonds. The summed E-state index contributed by atoms with van der Waals surface area (Å²) >= 11 is 0. The molecule has 0 aliphatic carbocycles. The zero-order valence-electron chi connectivity index (χ0n) is 19.6. The van der Waals surface area contributed by atoms with Gasteiger partial charge in [-0.3, -0.25) is 4.79 Å². The summed E-state index contributed by atoms with van der Waals surface area (Å²) < 4.78 is 6.14. The standard InChI is InChI=1S/C32H24N2O2/c35-31(26-15-7-5-13-24(26)19-18-22-10-2-1-3-11-22)33-28-17-9-8-16-27(28)32-34-30-25-14-6-4-12-23(25)20-21-29(30)36-32/h1-17,20-21H,18-19H2,(H,33,35). The molecule has 6 rings (SSSR count). The van der Waals surface area contributed by atoms with E-state index in [0.29, 0.717) is 17.1 Å². The number of carbonyl (C=O) groups excluding carboxylic acids is 1. The van der Waals surface area contributed by atoms with Gasteiger partial charge >= 0.3 is 0 Å². The number of oxazole rings is 1. The summed E-state index contributed by atoms with van der Waals surface area (Å²) in [7, 11) is 0. The number of nitrogens with zero attached hydrogens (tertiary/aromatic N) is 1. The third-order valence-electron chi connectivity index (χ3n) is 6.48. The monoisotopic (exact) mass is 468 g/mol. The summed E-state index contributed by atoms with van der Waals surface area (Å²) in [5.41, 5.74) is 5.88. The summed E-state index contributed by atoms with van der Waals surface area (Å²) in [6, 6.07) is 37.8. The number of aryl methyl sites for hydroxylation is 2. The van der Waals surface area contributed by atoms with Gasteiger partial charge in [-0.05, 0) is 53.6 Å². The highest BCUT2D eigenvalue weighted by Gasteiger charge is 2.17. The molecule has 0 saturated carbocycles. The van der Waals surface area contributed by atoms with E-state index in [-0.39, 0.29) is 5.91 Å². The molecule has 0 aliphatic rings. The molecule has 0 fully saturated rings. The summed E-state index contributed by atoms with van der Waals surface area (Å²) in [5, 5.41) is 5.26. The molecule has 5 aromatic carbocycles. The average molecular weight is 469 g/mol. The van der Waals surface area contributed by atoms with Crippen molar-refractivity contribution >= 4 is 33.5 Å². The Morgan fingerprint density at radius 2 is 1.47 bits per heavy atom. The minimum absolute atomic E-state index is 0.146. The lowest BCUT2D eigenvalue weighted by molar-refractivity contribution is 0.102. The lowest BCUT2D eigenvalue weighted by Gasteiger charge is -2.12. The molecule has 0 unspecified atom stereocenters. The van der Waals surface area contributed by atoms with Gasteiger partial charge in [0.05, 0.1) is 11.3 Å². The van der Waals surface area contributed by atoms with E-state index in [2.05, 4.69) is 23.5 Å². The third-order valence-corrected chi connectivity index (χ3v) is 6.48. The molecule has 0 bridgehead atoms. The van der Waals surface area contributed by atoms with Crippen LogP contribution >= 0.6 is 0 Å². The molecule has 1 heterocycles. The van der Waals surface area contributed by atoms with Crippen LogP contribution in [0.4, 0.5) is 5.69 Å². The normalized spacial score (nSPS) is 11.1. The molecule has 36 heavy (non-hydrogen) atoms. The first-order chi connectivity index (χ1) is 17.8. The fourth-order valence-electron chi connectivity index (χ4n) is 4.63. The van der Waals surface area contributed by atoms with Gasteiger partial charge in [-0.25, -0.2) is 4.98 Å².